The van der Waals surface area contributed by atoms with Crippen LogP contribution in [-0.4, -0.2) is 57.4 Å². The monoisotopic (exact) mass is 599 g/mol. The molecule has 2 amide bonds. The van der Waals surface area contributed by atoms with Crippen molar-refractivity contribution in [1.29, 1.82) is 0 Å². The van der Waals surface area contributed by atoms with Gasteiger partial charge in [0.05, 0.1) is 17.7 Å². The molecule has 0 aliphatic rings. The van der Waals surface area contributed by atoms with E-state index < -0.39 is 28.5 Å². The van der Waals surface area contributed by atoms with E-state index in [1.165, 1.54) is 30.2 Å². The second kappa shape index (κ2) is 14.9. The zero-order valence-corrected chi connectivity index (χ0v) is 25.5. The first-order valence-electron chi connectivity index (χ1n) is 13.7. The number of rotatable bonds is 14. The Bertz CT molecular complexity index is 1400. The zero-order valence-electron chi connectivity index (χ0n) is 23.9. The average Bonchev–Trinajstić information content (AvgIpc) is 2.98. The molecule has 0 radical (unpaired) electrons. The van der Waals surface area contributed by atoms with Crippen LogP contribution in [-0.2, 0) is 26.0 Å². The molecule has 2 atom stereocenters. The molecule has 0 saturated heterocycles. The molecule has 0 fully saturated rings. The van der Waals surface area contributed by atoms with E-state index in [1.807, 2.05) is 51.1 Å². The molecule has 0 heterocycles. The predicted octanol–water partition coefficient (Wildman–Crippen LogP) is 5.31. The molecule has 41 heavy (non-hydrogen) atoms. The maximum Gasteiger partial charge on any atom is 0.264 e. The third-order valence-corrected chi connectivity index (χ3v) is 8.90. The first kappa shape index (κ1) is 32.0. The van der Waals surface area contributed by atoms with Crippen molar-refractivity contribution in [2.24, 2.45) is 0 Å². The lowest BCUT2D eigenvalue weighted by Crippen LogP contribution is -2.54. The summed E-state index contributed by atoms with van der Waals surface area (Å²) in [5.41, 5.74) is 1.12. The topological polar surface area (TPSA) is 96.0 Å². The lowest BCUT2D eigenvalue weighted by Gasteiger charge is -2.34. The van der Waals surface area contributed by atoms with Gasteiger partial charge in [0, 0.05) is 17.6 Å². The van der Waals surface area contributed by atoms with Crippen LogP contribution in [0.5, 0.6) is 5.75 Å². The minimum Gasteiger partial charge on any atom is -0.495 e. The Balaban J connectivity index is 2.06. The van der Waals surface area contributed by atoms with Crippen LogP contribution in [0.1, 0.15) is 39.2 Å². The van der Waals surface area contributed by atoms with Crippen LogP contribution in [0.25, 0.3) is 0 Å². The fraction of sp³-hybridized carbons (Fsp3) is 0.355. The minimum absolute atomic E-state index is 0.00668. The Morgan fingerprint density at radius 1 is 0.951 bits per heavy atom. The summed E-state index contributed by atoms with van der Waals surface area (Å²) in [6, 6.07) is 21.2. The molecule has 220 valence electrons. The second-order valence-electron chi connectivity index (χ2n) is 9.71. The number of nitrogens with zero attached hydrogens (tertiary/aromatic N) is 2. The van der Waals surface area contributed by atoms with Gasteiger partial charge >= 0.3 is 0 Å². The van der Waals surface area contributed by atoms with Crippen molar-refractivity contribution in [3.63, 3.8) is 0 Å². The van der Waals surface area contributed by atoms with Gasteiger partial charge in [-0.15, -0.1) is 0 Å². The van der Waals surface area contributed by atoms with Gasteiger partial charge in [-0.25, -0.2) is 8.42 Å². The number of sulfonamides is 1. The number of carbonyl (C=O) groups is 2. The number of ether oxygens (including phenoxy) is 1. The van der Waals surface area contributed by atoms with Crippen molar-refractivity contribution in [3.05, 3.63) is 89.4 Å². The van der Waals surface area contributed by atoms with Gasteiger partial charge in [0.2, 0.25) is 11.8 Å². The second-order valence-corrected chi connectivity index (χ2v) is 12.0. The number of hydrogen-bond acceptors (Lipinski definition) is 5. The van der Waals surface area contributed by atoms with Gasteiger partial charge in [0.15, 0.2) is 0 Å². The Kier molecular flexibility index (Phi) is 11.6. The van der Waals surface area contributed by atoms with Gasteiger partial charge < -0.3 is 15.0 Å². The Hall–Kier alpha value is -3.56. The van der Waals surface area contributed by atoms with Crippen LogP contribution in [0.2, 0.25) is 5.02 Å². The van der Waals surface area contributed by atoms with Gasteiger partial charge in [-0.3, -0.25) is 13.9 Å². The van der Waals surface area contributed by atoms with E-state index in [0.717, 1.165) is 16.3 Å². The van der Waals surface area contributed by atoms with Crippen LogP contribution in [0.3, 0.4) is 0 Å². The quantitative estimate of drug-likeness (QED) is 0.271. The number of nitrogens with one attached hydrogen (secondary N) is 1. The summed E-state index contributed by atoms with van der Waals surface area (Å²) in [6.45, 7) is 5.37. The third kappa shape index (κ3) is 8.24. The van der Waals surface area contributed by atoms with E-state index in [9.17, 15) is 18.0 Å². The Morgan fingerprint density at radius 2 is 1.59 bits per heavy atom. The molecule has 10 heteroatoms. The molecule has 0 spiro atoms. The summed E-state index contributed by atoms with van der Waals surface area (Å²) < 4.78 is 34.4. The summed E-state index contributed by atoms with van der Waals surface area (Å²) in [5.74, 6) is -0.561. The van der Waals surface area contributed by atoms with Crippen LogP contribution in [0, 0.1) is 0 Å². The van der Waals surface area contributed by atoms with Crippen molar-refractivity contribution in [2.75, 3.05) is 24.5 Å². The minimum atomic E-state index is -4.23. The van der Waals surface area contributed by atoms with E-state index in [4.69, 9.17) is 16.3 Å². The predicted molar refractivity (Wildman–Crippen MR) is 163 cm³/mol. The number of anilines is 1. The molecule has 0 aliphatic heterocycles. The molecular weight excluding hydrogens is 562 g/mol. The Morgan fingerprint density at radius 3 is 2.17 bits per heavy atom. The van der Waals surface area contributed by atoms with Crippen LogP contribution >= 0.6 is 11.6 Å². The summed E-state index contributed by atoms with van der Waals surface area (Å²) >= 11 is 6.28. The highest BCUT2D eigenvalue weighted by Crippen LogP contribution is 2.35. The molecule has 0 aliphatic carbocycles. The summed E-state index contributed by atoms with van der Waals surface area (Å²) in [7, 11) is -2.81. The smallest absolute Gasteiger partial charge is 0.264 e. The molecule has 3 aromatic rings. The molecule has 0 bridgehead atoms. The maximum atomic E-state index is 14.1. The number of benzene rings is 3. The number of carbonyl (C=O) groups excluding carboxylic acids is 2. The fourth-order valence-corrected chi connectivity index (χ4v) is 6.03. The van der Waals surface area contributed by atoms with E-state index in [-0.39, 0.29) is 39.8 Å². The highest BCUT2D eigenvalue weighted by molar-refractivity contribution is 7.92. The summed E-state index contributed by atoms with van der Waals surface area (Å²) in [5, 5.41) is 3.26. The van der Waals surface area contributed by atoms with Crippen LogP contribution in [0.4, 0.5) is 5.69 Å². The highest BCUT2D eigenvalue weighted by Gasteiger charge is 2.34. The molecule has 2 unspecified atom stereocenters. The number of methoxy groups -OCH3 is 1. The maximum absolute atomic E-state index is 14.1. The van der Waals surface area contributed by atoms with Crippen molar-refractivity contribution in [2.45, 2.75) is 57.0 Å². The van der Waals surface area contributed by atoms with Crippen molar-refractivity contribution in [3.8, 4) is 5.75 Å². The van der Waals surface area contributed by atoms with E-state index in [1.54, 1.807) is 30.3 Å². The number of halogens is 1. The molecule has 1 N–H and O–H groups in total. The van der Waals surface area contributed by atoms with Gasteiger partial charge in [-0.2, -0.15) is 0 Å². The SMILES string of the molecule is CCC(C)NC(=O)C(CC)N(CCc1ccccc1)C(=O)CN(c1cc(Cl)ccc1OC)S(=O)(=O)c1ccccc1. The Labute approximate surface area is 248 Å². The molecular formula is C31H38ClN3O5S. The lowest BCUT2D eigenvalue weighted by atomic mass is 10.1. The average molecular weight is 600 g/mol. The molecule has 0 aromatic heterocycles. The van der Waals surface area contributed by atoms with Crippen molar-refractivity contribution in [1.82, 2.24) is 10.2 Å². The fourth-order valence-electron chi connectivity index (χ4n) is 4.43. The first-order valence-corrected chi connectivity index (χ1v) is 15.5. The van der Waals surface area contributed by atoms with Crippen LogP contribution in [0.15, 0.2) is 83.8 Å². The molecule has 3 rings (SSSR count). The molecule has 0 saturated carbocycles. The highest BCUT2D eigenvalue weighted by atomic mass is 35.5. The van der Waals surface area contributed by atoms with Crippen molar-refractivity contribution >= 4 is 39.1 Å². The van der Waals surface area contributed by atoms with Crippen molar-refractivity contribution < 1.29 is 22.7 Å². The zero-order chi connectivity index (χ0) is 30.0. The molecule has 8 nitrogen and oxygen atoms in total. The number of hydrogen-bond donors (Lipinski definition) is 1. The van der Waals surface area contributed by atoms with E-state index in [0.29, 0.717) is 12.8 Å². The van der Waals surface area contributed by atoms with E-state index in [2.05, 4.69) is 5.32 Å². The summed E-state index contributed by atoms with van der Waals surface area (Å²) in [6.07, 6.45) is 1.58. The largest absolute Gasteiger partial charge is 0.495 e. The van der Waals surface area contributed by atoms with Gasteiger partial charge in [0.1, 0.15) is 18.3 Å². The first-order chi connectivity index (χ1) is 19.6. The standard InChI is InChI=1S/C31H38ClN3O5S/c1-5-23(3)33-31(37)27(6-2)34(20-19-24-13-9-7-10-14-24)30(36)22-35(28-21-25(32)17-18-29(28)40-4)41(38,39)26-15-11-8-12-16-26/h7-18,21,23,27H,5-6,19-20,22H2,1-4H3,(H,33,37). The van der Waals surface area contributed by atoms with Crippen LogP contribution < -0.4 is 14.4 Å². The lowest BCUT2D eigenvalue weighted by molar-refractivity contribution is -0.139. The number of amides is 2. The van der Waals surface area contributed by atoms with Gasteiger partial charge in [-0.05, 0) is 62.1 Å². The summed E-state index contributed by atoms with van der Waals surface area (Å²) in [4.78, 5) is 29.0. The third-order valence-electron chi connectivity index (χ3n) is 6.89. The normalized spacial score (nSPS) is 12.7. The molecule has 3 aromatic carbocycles. The van der Waals surface area contributed by atoms with Gasteiger partial charge in [-0.1, -0.05) is 74.0 Å². The van der Waals surface area contributed by atoms with E-state index >= 15 is 0 Å². The van der Waals surface area contributed by atoms with Gasteiger partial charge in [0.25, 0.3) is 10.0 Å².